The van der Waals surface area contributed by atoms with E-state index in [0.717, 1.165) is 10.6 Å². The van der Waals surface area contributed by atoms with Crippen molar-refractivity contribution in [3.8, 4) is 5.75 Å². The predicted octanol–water partition coefficient (Wildman–Crippen LogP) is 3.29. The highest BCUT2D eigenvalue weighted by atomic mass is 32.1. The first-order valence-corrected chi connectivity index (χ1v) is 6.83. The summed E-state index contributed by atoms with van der Waals surface area (Å²) < 4.78 is 5.59. The van der Waals surface area contributed by atoms with E-state index in [1.54, 1.807) is 0 Å². The molecule has 0 aliphatic heterocycles. The summed E-state index contributed by atoms with van der Waals surface area (Å²) in [5.74, 6) is -0.217. The molecule has 0 fully saturated rings. The molecule has 0 unspecified atom stereocenters. The average molecular weight is 277 g/mol. The summed E-state index contributed by atoms with van der Waals surface area (Å²) in [6, 6.07) is 7.72. The van der Waals surface area contributed by atoms with Gasteiger partial charge in [-0.3, -0.25) is 0 Å². The van der Waals surface area contributed by atoms with Gasteiger partial charge in [0.05, 0.1) is 0 Å². The summed E-state index contributed by atoms with van der Waals surface area (Å²) in [5, 5.41) is 9.72. The average Bonchev–Trinajstić information content (AvgIpc) is 2.81. The van der Waals surface area contributed by atoms with Crippen molar-refractivity contribution in [1.29, 1.82) is 0 Å². The zero-order valence-electron chi connectivity index (χ0n) is 10.8. The zero-order chi connectivity index (χ0) is 13.8. The van der Waals surface area contributed by atoms with Gasteiger partial charge in [-0.25, -0.2) is 9.78 Å². The minimum absolute atomic E-state index is 0.148. The van der Waals surface area contributed by atoms with Crippen molar-refractivity contribution >= 4 is 17.3 Å². The van der Waals surface area contributed by atoms with Crippen LogP contribution in [0.1, 0.15) is 32.9 Å². The lowest BCUT2D eigenvalue weighted by Crippen LogP contribution is -2.01. The molecule has 0 amide bonds. The zero-order valence-corrected chi connectivity index (χ0v) is 11.7. The van der Waals surface area contributed by atoms with Crippen molar-refractivity contribution in [2.45, 2.75) is 26.9 Å². The lowest BCUT2D eigenvalue weighted by atomic mass is 10.2. The molecule has 1 aromatic heterocycles. The van der Waals surface area contributed by atoms with Crippen molar-refractivity contribution in [3.63, 3.8) is 0 Å². The van der Waals surface area contributed by atoms with E-state index in [9.17, 15) is 4.79 Å². The molecule has 5 heteroatoms. The molecule has 0 aliphatic carbocycles. The number of aryl methyl sites for hydroxylation is 2. The second kappa shape index (κ2) is 5.84. The maximum absolute atomic E-state index is 11.0. The van der Waals surface area contributed by atoms with Crippen molar-refractivity contribution in [2.24, 2.45) is 0 Å². The lowest BCUT2D eigenvalue weighted by molar-refractivity contribution is 0.0690. The number of carboxylic acids is 1. The molecule has 2 rings (SSSR count). The van der Waals surface area contributed by atoms with E-state index in [2.05, 4.69) is 4.98 Å². The normalized spacial score (nSPS) is 10.4. The van der Waals surface area contributed by atoms with Gasteiger partial charge in [-0.15, -0.1) is 11.3 Å². The molecule has 19 heavy (non-hydrogen) atoms. The summed E-state index contributed by atoms with van der Waals surface area (Å²) in [5.41, 5.74) is 1.32. The van der Waals surface area contributed by atoms with Gasteiger partial charge in [0, 0.05) is 4.88 Å². The Kier molecular flexibility index (Phi) is 4.16. The van der Waals surface area contributed by atoms with Crippen LogP contribution in [0.15, 0.2) is 24.3 Å². The molecular weight excluding hydrogens is 262 g/mol. The Balaban J connectivity index is 2.07. The van der Waals surface area contributed by atoms with Crippen molar-refractivity contribution < 1.29 is 14.6 Å². The van der Waals surface area contributed by atoms with Crippen LogP contribution >= 0.6 is 11.3 Å². The van der Waals surface area contributed by atoms with Gasteiger partial charge in [0.1, 0.15) is 17.4 Å². The van der Waals surface area contributed by atoms with Crippen molar-refractivity contribution in [1.82, 2.24) is 4.98 Å². The molecule has 0 aliphatic rings. The van der Waals surface area contributed by atoms with Gasteiger partial charge in [0.25, 0.3) is 0 Å². The molecule has 0 spiro atoms. The number of benzene rings is 1. The minimum atomic E-state index is -0.977. The molecule has 1 heterocycles. The van der Waals surface area contributed by atoms with Crippen LogP contribution in [-0.4, -0.2) is 16.1 Å². The third-order valence-corrected chi connectivity index (χ3v) is 3.82. The maximum Gasteiger partial charge on any atom is 0.355 e. The van der Waals surface area contributed by atoms with E-state index < -0.39 is 5.97 Å². The Hall–Kier alpha value is -1.88. The van der Waals surface area contributed by atoms with Gasteiger partial charge < -0.3 is 9.84 Å². The van der Waals surface area contributed by atoms with Crippen LogP contribution in [0.2, 0.25) is 0 Å². The summed E-state index contributed by atoms with van der Waals surface area (Å²) in [4.78, 5) is 15.9. The number of nitrogens with zero attached hydrogens (tertiary/aromatic N) is 1. The fourth-order valence-electron chi connectivity index (χ4n) is 1.65. The molecule has 0 saturated heterocycles. The minimum Gasteiger partial charge on any atom is -0.486 e. The standard InChI is InChI=1S/C14H15NO3S/c1-3-11-13(14(16)17)15-12(19-11)8-18-10-6-4-9(2)5-7-10/h4-7H,3,8H2,1-2H3,(H,16,17). The third kappa shape index (κ3) is 3.32. The quantitative estimate of drug-likeness (QED) is 0.911. The molecule has 1 aromatic carbocycles. The summed E-state index contributed by atoms with van der Waals surface area (Å²) >= 11 is 1.39. The number of carbonyl (C=O) groups is 1. The summed E-state index contributed by atoms with van der Waals surface area (Å²) in [6.07, 6.45) is 0.670. The SMILES string of the molecule is CCc1sc(COc2ccc(C)cc2)nc1C(=O)O. The molecule has 2 aromatic rings. The topological polar surface area (TPSA) is 59.4 Å². The Bertz CT molecular complexity index is 575. The third-order valence-electron chi connectivity index (χ3n) is 2.65. The van der Waals surface area contributed by atoms with Gasteiger partial charge in [0.15, 0.2) is 5.69 Å². The van der Waals surface area contributed by atoms with Crippen molar-refractivity contribution in [2.75, 3.05) is 0 Å². The molecule has 1 N–H and O–H groups in total. The van der Waals surface area contributed by atoms with Gasteiger partial charge in [-0.1, -0.05) is 24.6 Å². The van der Waals surface area contributed by atoms with E-state index in [1.807, 2.05) is 38.1 Å². The fraction of sp³-hybridized carbons (Fsp3) is 0.286. The Morgan fingerprint density at radius 2 is 2.05 bits per heavy atom. The fourth-order valence-corrected chi connectivity index (χ4v) is 2.56. The number of thiazole rings is 1. The van der Waals surface area contributed by atoms with E-state index in [0.29, 0.717) is 18.0 Å². The largest absolute Gasteiger partial charge is 0.486 e. The summed E-state index contributed by atoms with van der Waals surface area (Å²) in [6.45, 7) is 4.23. The molecule has 0 saturated carbocycles. The second-order valence-electron chi connectivity index (χ2n) is 4.14. The molecule has 0 radical (unpaired) electrons. The van der Waals surface area contributed by atoms with Crippen LogP contribution < -0.4 is 4.74 Å². The monoisotopic (exact) mass is 277 g/mol. The first kappa shape index (κ1) is 13.5. The van der Waals surface area contributed by atoms with E-state index in [4.69, 9.17) is 9.84 Å². The number of aromatic carboxylic acids is 1. The highest BCUT2D eigenvalue weighted by Crippen LogP contribution is 2.21. The number of hydrogen-bond donors (Lipinski definition) is 1. The number of rotatable bonds is 5. The van der Waals surface area contributed by atoms with Gasteiger partial charge in [-0.2, -0.15) is 0 Å². The number of ether oxygens (including phenoxy) is 1. The van der Waals surface area contributed by atoms with E-state index >= 15 is 0 Å². The van der Waals surface area contributed by atoms with Gasteiger partial charge in [0.2, 0.25) is 0 Å². The predicted molar refractivity (Wildman–Crippen MR) is 74.0 cm³/mol. The van der Waals surface area contributed by atoms with Crippen LogP contribution in [0.25, 0.3) is 0 Å². The molecule has 0 atom stereocenters. The van der Waals surface area contributed by atoms with Crippen LogP contribution in [0.5, 0.6) is 5.75 Å². The maximum atomic E-state index is 11.0. The smallest absolute Gasteiger partial charge is 0.355 e. The molecule has 100 valence electrons. The van der Waals surface area contributed by atoms with Crippen LogP contribution in [0.4, 0.5) is 0 Å². The molecule has 4 nitrogen and oxygen atoms in total. The Labute approximate surface area is 115 Å². The number of carboxylic acid groups (broad SMARTS) is 1. The first-order valence-electron chi connectivity index (χ1n) is 6.01. The second-order valence-corrected chi connectivity index (χ2v) is 5.31. The molecule has 0 bridgehead atoms. The van der Waals surface area contributed by atoms with E-state index in [1.165, 1.54) is 16.9 Å². The molecular formula is C14H15NO3S. The van der Waals surface area contributed by atoms with E-state index in [-0.39, 0.29) is 5.69 Å². The highest BCUT2D eigenvalue weighted by molar-refractivity contribution is 7.11. The van der Waals surface area contributed by atoms with Crippen LogP contribution in [0, 0.1) is 6.92 Å². The Morgan fingerprint density at radius 3 is 2.58 bits per heavy atom. The highest BCUT2D eigenvalue weighted by Gasteiger charge is 2.16. The van der Waals surface area contributed by atoms with Gasteiger partial charge >= 0.3 is 5.97 Å². The number of aromatic nitrogens is 1. The van der Waals surface area contributed by atoms with Gasteiger partial charge in [-0.05, 0) is 25.5 Å². The lowest BCUT2D eigenvalue weighted by Gasteiger charge is -2.03. The number of hydrogen-bond acceptors (Lipinski definition) is 4. The summed E-state index contributed by atoms with van der Waals surface area (Å²) in [7, 11) is 0. The van der Waals surface area contributed by atoms with Crippen molar-refractivity contribution in [3.05, 3.63) is 45.4 Å². The van der Waals surface area contributed by atoms with Crippen LogP contribution in [-0.2, 0) is 13.0 Å². The van der Waals surface area contributed by atoms with Crippen LogP contribution in [0.3, 0.4) is 0 Å². The Morgan fingerprint density at radius 1 is 1.37 bits per heavy atom. The first-order chi connectivity index (χ1) is 9.10.